The lowest BCUT2D eigenvalue weighted by atomic mass is 9.98. The van der Waals surface area contributed by atoms with Gasteiger partial charge in [0.15, 0.2) is 0 Å². The second kappa shape index (κ2) is 6.22. The predicted octanol–water partition coefficient (Wildman–Crippen LogP) is -0.260. The summed E-state index contributed by atoms with van der Waals surface area (Å²) in [5, 5.41) is 14.0. The van der Waals surface area contributed by atoms with Gasteiger partial charge in [-0.15, -0.1) is 0 Å². The van der Waals surface area contributed by atoms with E-state index in [0.29, 0.717) is 32.4 Å². The number of aliphatic carboxylic acids is 1. The van der Waals surface area contributed by atoms with Gasteiger partial charge in [0, 0.05) is 19.5 Å². The molecule has 0 aromatic heterocycles. The number of carboxylic acid groups (broad SMARTS) is 1. The number of hydrogen-bond donors (Lipinski definition) is 3. The number of rotatable bonds is 5. The molecule has 0 aliphatic carbocycles. The van der Waals surface area contributed by atoms with E-state index >= 15 is 0 Å². The normalized spacial score (nSPS) is 21.5. The molecule has 2 atom stereocenters. The number of carboxylic acids is 1. The van der Waals surface area contributed by atoms with E-state index in [1.165, 1.54) is 0 Å². The quantitative estimate of drug-likeness (QED) is 0.619. The van der Waals surface area contributed by atoms with Crippen molar-refractivity contribution in [2.75, 3.05) is 13.1 Å². The van der Waals surface area contributed by atoms with Gasteiger partial charge in [0.25, 0.3) is 0 Å². The van der Waals surface area contributed by atoms with Crippen molar-refractivity contribution in [2.45, 2.75) is 26.2 Å². The Hall–Kier alpha value is -1.59. The van der Waals surface area contributed by atoms with Gasteiger partial charge in [-0.2, -0.15) is 0 Å². The van der Waals surface area contributed by atoms with Gasteiger partial charge in [-0.1, -0.05) is 6.92 Å². The number of amides is 2. The Morgan fingerprint density at radius 1 is 1.59 bits per heavy atom. The van der Waals surface area contributed by atoms with Crippen molar-refractivity contribution < 1.29 is 19.5 Å². The fourth-order valence-electron chi connectivity index (χ4n) is 1.64. The Bertz CT molecular complexity index is 307. The first-order valence-electron chi connectivity index (χ1n) is 5.78. The third-order valence-corrected chi connectivity index (χ3v) is 2.93. The van der Waals surface area contributed by atoms with Gasteiger partial charge in [0.05, 0.1) is 11.8 Å². The van der Waals surface area contributed by atoms with Crippen molar-refractivity contribution in [1.82, 2.24) is 10.6 Å². The number of hydrogen-bond acceptors (Lipinski definition) is 3. The summed E-state index contributed by atoms with van der Waals surface area (Å²) in [5.41, 5.74) is 0. The van der Waals surface area contributed by atoms with Crippen LogP contribution < -0.4 is 10.6 Å². The summed E-state index contributed by atoms with van der Waals surface area (Å²) in [6.07, 6.45) is 1.36. The minimum atomic E-state index is -0.857. The van der Waals surface area contributed by atoms with E-state index < -0.39 is 11.9 Å². The number of piperidine rings is 1. The molecule has 1 rings (SSSR count). The fraction of sp³-hybridized carbons (Fsp3) is 0.727. The Balaban J connectivity index is 2.21. The average Bonchev–Trinajstić information content (AvgIpc) is 2.29. The summed E-state index contributed by atoms with van der Waals surface area (Å²) in [4.78, 5) is 33.1. The molecule has 0 saturated carbocycles. The van der Waals surface area contributed by atoms with Crippen LogP contribution in [0.5, 0.6) is 0 Å². The molecule has 1 heterocycles. The molecule has 2 unspecified atom stereocenters. The van der Waals surface area contributed by atoms with Gasteiger partial charge in [-0.25, -0.2) is 0 Å². The lowest BCUT2D eigenvalue weighted by Gasteiger charge is -2.21. The van der Waals surface area contributed by atoms with Crippen LogP contribution in [-0.2, 0) is 14.4 Å². The molecule has 0 aromatic carbocycles. The highest BCUT2D eigenvalue weighted by Gasteiger charge is 2.24. The lowest BCUT2D eigenvalue weighted by Crippen LogP contribution is -2.43. The Morgan fingerprint density at radius 2 is 2.29 bits per heavy atom. The van der Waals surface area contributed by atoms with Crippen LogP contribution >= 0.6 is 0 Å². The topological polar surface area (TPSA) is 95.5 Å². The number of carbonyl (C=O) groups is 3. The molecule has 1 aliphatic rings. The smallest absolute Gasteiger partial charge is 0.306 e. The highest BCUT2D eigenvalue weighted by atomic mass is 16.4. The second-order valence-electron chi connectivity index (χ2n) is 4.36. The van der Waals surface area contributed by atoms with Crippen LogP contribution in [0.1, 0.15) is 26.2 Å². The predicted molar refractivity (Wildman–Crippen MR) is 60.2 cm³/mol. The zero-order valence-electron chi connectivity index (χ0n) is 9.86. The third-order valence-electron chi connectivity index (χ3n) is 2.93. The van der Waals surface area contributed by atoms with Gasteiger partial charge in [0.2, 0.25) is 11.8 Å². The molecule has 1 fully saturated rings. The highest BCUT2D eigenvalue weighted by Crippen LogP contribution is 2.10. The molecule has 0 radical (unpaired) electrons. The van der Waals surface area contributed by atoms with E-state index in [1.54, 1.807) is 6.92 Å². The largest absolute Gasteiger partial charge is 0.481 e. The van der Waals surface area contributed by atoms with Gasteiger partial charge in [0.1, 0.15) is 0 Å². The first kappa shape index (κ1) is 13.5. The molecule has 0 spiro atoms. The molecule has 6 nitrogen and oxygen atoms in total. The minimum absolute atomic E-state index is 0.0199. The number of carbonyl (C=O) groups excluding carboxylic acids is 2. The zero-order valence-corrected chi connectivity index (χ0v) is 9.86. The van der Waals surface area contributed by atoms with Gasteiger partial charge >= 0.3 is 5.97 Å². The van der Waals surface area contributed by atoms with Crippen LogP contribution in [-0.4, -0.2) is 36.0 Å². The van der Waals surface area contributed by atoms with Crippen LogP contribution in [0, 0.1) is 11.8 Å². The van der Waals surface area contributed by atoms with Crippen molar-refractivity contribution >= 4 is 17.8 Å². The summed E-state index contributed by atoms with van der Waals surface area (Å²) in [6.45, 7) is 2.34. The maximum absolute atomic E-state index is 11.6. The zero-order chi connectivity index (χ0) is 12.8. The molecule has 96 valence electrons. The van der Waals surface area contributed by atoms with E-state index in [0.717, 1.165) is 0 Å². The van der Waals surface area contributed by atoms with Crippen LogP contribution in [0.15, 0.2) is 0 Å². The molecule has 17 heavy (non-hydrogen) atoms. The minimum Gasteiger partial charge on any atom is -0.481 e. The van der Waals surface area contributed by atoms with Crippen molar-refractivity contribution in [2.24, 2.45) is 11.8 Å². The molecular formula is C11H18N2O4. The molecule has 1 aliphatic heterocycles. The molecule has 6 heteroatoms. The summed E-state index contributed by atoms with van der Waals surface area (Å²) in [7, 11) is 0. The fourth-order valence-corrected chi connectivity index (χ4v) is 1.64. The summed E-state index contributed by atoms with van der Waals surface area (Å²) < 4.78 is 0. The third kappa shape index (κ3) is 4.42. The summed E-state index contributed by atoms with van der Waals surface area (Å²) in [5.74, 6) is -1.63. The van der Waals surface area contributed by atoms with Gasteiger partial charge in [-0.05, 0) is 12.8 Å². The molecule has 0 bridgehead atoms. The Labute approximate surface area is 99.8 Å². The van der Waals surface area contributed by atoms with Crippen molar-refractivity contribution in [3.8, 4) is 0 Å². The van der Waals surface area contributed by atoms with Crippen molar-refractivity contribution in [1.29, 1.82) is 0 Å². The van der Waals surface area contributed by atoms with Crippen LogP contribution in [0.25, 0.3) is 0 Å². The Kier molecular flexibility index (Phi) is 4.93. The monoisotopic (exact) mass is 242 g/mol. The van der Waals surface area contributed by atoms with E-state index in [-0.39, 0.29) is 17.7 Å². The van der Waals surface area contributed by atoms with E-state index in [4.69, 9.17) is 5.11 Å². The van der Waals surface area contributed by atoms with Crippen LogP contribution in [0.3, 0.4) is 0 Å². The van der Waals surface area contributed by atoms with Crippen LogP contribution in [0.4, 0.5) is 0 Å². The van der Waals surface area contributed by atoms with Gasteiger partial charge < -0.3 is 15.7 Å². The van der Waals surface area contributed by atoms with E-state index in [9.17, 15) is 14.4 Å². The standard InChI is InChI=1S/C11H18N2O4/c1-7(11(16)17)4-5-12-10(15)8-2-3-9(14)13-6-8/h7-8H,2-6H2,1H3,(H,12,15)(H,13,14)(H,16,17). The average molecular weight is 242 g/mol. The first-order valence-corrected chi connectivity index (χ1v) is 5.78. The number of nitrogens with one attached hydrogen (secondary N) is 2. The van der Waals surface area contributed by atoms with Gasteiger partial charge in [-0.3, -0.25) is 14.4 Å². The second-order valence-corrected chi connectivity index (χ2v) is 4.36. The molecule has 2 amide bonds. The first-order chi connectivity index (χ1) is 8.00. The van der Waals surface area contributed by atoms with E-state index in [1.807, 2.05) is 0 Å². The maximum Gasteiger partial charge on any atom is 0.306 e. The lowest BCUT2D eigenvalue weighted by molar-refractivity contribution is -0.141. The summed E-state index contributed by atoms with van der Waals surface area (Å²) in [6, 6.07) is 0. The molecule has 3 N–H and O–H groups in total. The summed E-state index contributed by atoms with van der Waals surface area (Å²) >= 11 is 0. The molecular weight excluding hydrogens is 224 g/mol. The van der Waals surface area contributed by atoms with Crippen molar-refractivity contribution in [3.05, 3.63) is 0 Å². The SMILES string of the molecule is CC(CCNC(=O)C1CCC(=O)NC1)C(=O)O. The molecule has 0 aromatic rings. The van der Waals surface area contributed by atoms with E-state index in [2.05, 4.69) is 10.6 Å². The van der Waals surface area contributed by atoms with Crippen molar-refractivity contribution in [3.63, 3.8) is 0 Å². The molecule has 1 saturated heterocycles. The van der Waals surface area contributed by atoms with Crippen LogP contribution in [0.2, 0.25) is 0 Å². The maximum atomic E-state index is 11.6. The Morgan fingerprint density at radius 3 is 2.82 bits per heavy atom. The highest BCUT2D eigenvalue weighted by molar-refractivity contribution is 5.83.